The Hall–Kier alpha value is -3.65. The first-order valence-corrected chi connectivity index (χ1v) is 12.1. The second-order valence-electron chi connectivity index (χ2n) is 7.92. The van der Waals surface area contributed by atoms with Crippen molar-refractivity contribution in [2.45, 2.75) is 13.1 Å². The van der Waals surface area contributed by atoms with Gasteiger partial charge in [0.1, 0.15) is 11.4 Å². The molecule has 14 heteroatoms. The van der Waals surface area contributed by atoms with Gasteiger partial charge in [0, 0.05) is 7.05 Å². The molecule has 9 nitrogen and oxygen atoms in total. The molecule has 0 saturated heterocycles. The van der Waals surface area contributed by atoms with E-state index in [1.807, 2.05) is 0 Å². The molecule has 0 spiro atoms. The number of benzene rings is 1. The van der Waals surface area contributed by atoms with Crippen LogP contribution in [-0.2, 0) is 13.2 Å². The maximum atomic E-state index is 13.9. The molecular formula is C23H15Br2F3N6O3. The van der Waals surface area contributed by atoms with Gasteiger partial charge in [0.2, 0.25) is 0 Å². The van der Waals surface area contributed by atoms with E-state index in [9.17, 15) is 22.8 Å². The van der Waals surface area contributed by atoms with Gasteiger partial charge >= 0.3 is 6.18 Å². The first-order valence-electron chi connectivity index (χ1n) is 10.5. The maximum Gasteiger partial charge on any atom is 0.433 e. The van der Waals surface area contributed by atoms with E-state index in [0.29, 0.717) is 20.6 Å². The summed E-state index contributed by atoms with van der Waals surface area (Å²) in [6, 6.07) is 12.5. The lowest BCUT2D eigenvalue weighted by atomic mass is 10.2. The standard InChI is InChI=1S/C23H15Br2F3N6O3/c1-11-18(22(36)34(32(11)2)12-6-4-3-5-7-12)30-21(35)19-17(25)20-29-13(14-8-9-16(24)37-14)10-15(23(26,27)28)33(20)31-19/h3-10H,1-2H3,(H,30,35). The molecule has 5 aromatic rings. The highest BCUT2D eigenvalue weighted by Gasteiger charge is 2.37. The van der Waals surface area contributed by atoms with Crippen LogP contribution in [0.2, 0.25) is 0 Å². The van der Waals surface area contributed by atoms with Gasteiger partial charge in [-0.25, -0.2) is 14.2 Å². The predicted octanol–water partition coefficient (Wildman–Crippen LogP) is 5.58. The Morgan fingerprint density at radius 2 is 1.81 bits per heavy atom. The number of anilines is 1. The SMILES string of the molecule is Cc1c(NC(=O)c2nn3c(C(F)(F)F)cc(-c4ccc(Br)o4)nc3c2Br)c(=O)n(-c2ccccc2)n1C. The molecule has 5 rings (SSSR count). The number of nitrogens with one attached hydrogen (secondary N) is 1. The first kappa shape index (κ1) is 25.0. The van der Waals surface area contributed by atoms with E-state index in [1.165, 1.54) is 16.8 Å². The van der Waals surface area contributed by atoms with Crippen molar-refractivity contribution in [3.63, 3.8) is 0 Å². The fraction of sp³-hybridized carbons (Fsp3) is 0.130. The van der Waals surface area contributed by atoms with Crippen LogP contribution in [0.15, 0.2) is 66.9 Å². The average molecular weight is 640 g/mol. The van der Waals surface area contributed by atoms with Gasteiger partial charge in [-0.2, -0.15) is 18.3 Å². The summed E-state index contributed by atoms with van der Waals surface area (Å²) in [5, 5.41) is 6.38. The summed E-state index contributed by atoms with van der Waals surface area (Å²) >= 11 is 6.28. The third kappa shape index (κ3) is 4.29. The predicted molar refractivity (Wildman–Crippen MR) is 135 cm³/mol. The molecule has 0 radical (unpaired) electrons. The number of rotatable bonds is 4. The second-order valence-corrected chi connectivity index (χ2v) is 9.49. The number of alkyl halides is 3. The number of para-hydroxylation sites is 1. The molecule has 0 atom stereocenters. The largest absolute Gasteiger partial charge is 0.448 e. The van der Waals surface area contributed by atoms with Crippen molar-refractivity contribution >= 4 is 49.1 Å². The number of amides is 1. The molecule has 4 heterocycles. The Kier molecular flexibility index (Phi) is 6.10. The van der Waals surface area contributed by atoms with Gasteiger partial charge < -0.3 is 9.73 Å². The molecule has 1 N–H and O–H groups in total. The molecule has 0 unspecified atom stereocenters. The third-order valence-electron chi connectivity index (χ3n) is 5.66. The van der Waals surface area contributed by atoms with E-state index in [4.69, 9.17) is 4.42 Å². The van der Waals surface area contributed by atoms with Crippen molar-refractivity contribution in [3.05, 3.63) is 85.1 Å². The summed E-state index contributed by atoms with van der Waals surface area (Å²) in [7, 11) is 1.65. The first-order chi connectivity index (χ1) is 17.5. The number of carbonyl (C=O) groups is 1. The number of nitrogens with zero attached hydrogens (tertiary/aromatic N) is 5. The fourth-order valence-corrected chi connectivity index (χ4v) is 4.62. The van der Waals surface area contributed by atoms with Crippen molar-refractivity contribution in [3.8, 4) is 17.1 Å². The van der Waals surface area contributed by atoms with Crippen LogP contribution >= 0.6 is 31.9 Å². The highest BCUT2D eigenvalue weighted by Crippen LogP contribution is 2.35. The topological polar surface area (TPSA) is 99.4 Å². The smallest absolute Gasteiger partial charge is 0.433 e. The van der Waals surface area contributed by atoms with Crippen molar-refractivity contribution in [2.24, 2.45) is 7.05 Å². The third-order valence-corrected chi connectivity index (χ3v) is 6.81. The van der Waals surface area contributed by atoms with Gasteiger partial charge in [-0.15, -0.1) is 0 Å². The lowest BCUT2D eigenvalue weighted by molar-refractivity contribution is -0.142. The lowest BCUT2D eigenvalue weighted by Gasteiger charge is -2.10. The Morgan fingerprint density at radius 3 is 2.43 bits per heavy atom. The number of carbonyl (C=O) groups excluding carboxylic acids is 1. The van der Waals surface area contributed by atoms with Crippen molar-refractivity contribution in [1.29, 1.82) is 0 Å². The van der Waals surface area contributed by atoms with Gasteiger partial charge in [0.25, 0.3) is 11.5 Å². The lowest BCUT2D eigenvalue weighted by Crippen LogP contribution is -2.23. The number of hydrogen-bond donors (Lipinski definition) is 1. The average Bonchev–Trinajstić information content (AvgIpc) is 3.49. The van der Waals surface area contributed by atoms with Crippen LogP contribution in [-0.4, -0.2) is 29.9 Å². The maximum absolute atomic E-state index is 13.9. The Morgan fingerprint density at radius 1 is 1.11 bits per heavy atom. The van der Waals surface area contributed by atoms with Crippen LogP contribution in [0.3, 0.4) is 0 Å². The fourth-order valence-electron chi connectivity index (χ4n) is 3.80. The molecule has 0 bridgehead atoms. The molecule has 0 fully saturated rings. The second kappa shape index (κ2) is 9.03. The zero-order valence-electron chi connectivity index (χ0n) is 19.0. The number of aromatic nitrogens is 5. The molecule has 0 saturated carbocycles. The normalized spacial score (nSPS) is 11.9. The number of halogens is 5. The summed E-state index contributed by atoms with van der Waals surface area (Å²) < 4.78 is 50.8. The molecule has 4 aromatic heterocycles. The van der Waals surface area contributed by atoms with Crippen LogP contribution in [0.4, 0.5) is 18.9 Å². The van der Waals surface area contributed by atoms with Gasteiger partial charge in [-0.05, 0) is 69.1 Å². The van der Waals surface area contributed by atoms with Crippen LogP contribution in [0, 0.1) is 6.92 Å². The molecule has 0 aliphatic heterocycles. The Labute approximate surface area is 222 Å². The molecule has 37 heavy (non-hydrogen) atoms. The minimum Gasteiger partial charge on any atom is -0.448 e. The van der Waals surface area contributed by atoms with Gasteiger partial charge in [-0.1, -0.05) is 18.2 Å². The zero-order valence-corrected chi connectivity index (χ0v) is 22.1. The summed E-state index contributed by atoms with van der Waals surface area (Å²) in [4.78, 5) is 30.5. The Balaban J connectivity index is 1.61. The van der Waals surface area contributed by atoms with Crippen molar-refractivity contribution < 1.29 is 22.4 Å². The van der Waals surface area contributed by atoms with Gasteiger partial charge in [-0.3, -0.25) is 14.3 Å². The molecule has 0 aliphatic rings. The van der Waals surface area contributed by atoms with Gasteiger partial charge in [0.15, 0.2) is 27.5 Å². The summed E-state index contributed by atoms with van der Waals surface area (Å²) in [5.41, 5.74) is -1.46. The zero-order chi connectivity index (χ0) is 26.6. The van der Waals surface area contributed by atoms with Crippen LogP contribution < -0.4 is 10.9 Å². The van der Waals surface area contributed by atoms with E-state index in [2.05, 4.69) is 47.3 Å². The van der Waals surface area contributed by atoms with Crippen LogP contribution in [0.5, 0.6) is 0 Å². The Bertz CT molecular complexity index is 1730. The molecular weight excluding hydrogens is 625 g/mol. The summed E-state index contributed by atoms with van der Waals surface area (Å²) in [5.74, 6) is -0.806. The van der Waals surface area contributed by atoms with Crippen molar-refractivity contribution in [1.82, 2.24) is 24.0 Å². The molecule has 1 aromatic carbocycles. The molecule has 1 amide bonds. The summed E-state index contributed by atoms with van der Waals surface area (Å²) in [6.45, 7) is 1.63. The van der Waals surface area contributed by atoms with E-state index < -0.39 is 23.3 Å². The van der Waals surface area contributed by atoms with Gasteiger partial charge in [0.05, 0.1) is 15.9 Å². The number of hydrogen-bond acceptors (Lipinski definition) is 5. The minimum atomic E-state index is -4.82. The summed E-state index contributed by atoms with van der Waals surface area (Å²) in [6.07, 6.45) is -4.82. The molecule has 0 aliphatic carbocycles. The number of furan rings is 1. The van der Waals surface area contributed by atoms with E-state index in [0.717, 1.165) is 6.07 Å². The van der Waals surface area contributed by atoms with Crippen LogP contribution in [0.1, 0.15) is 21.9 Å². The van der Waals surface area contributed by atoms with E-state index in [-0.39, 0.29) is 33.0 Å². The highest BCUT2D eigenvalue weighted by atomic mass is 79.9. The van der Waals surface area contributed by atoms with Crippen LogP contribution in [0.25, 0.3) is 22.8 Å². The van der Waals surface area contributed by atoms with E-state index >= 15 is 0 Å². The number of fused-ring (bicyclic) bond motifs is 1. The highest BCUT2D eigenvalue weighted by molar-refractivity contribution is 9.10. The van der Waals surface area contributed by atoms with Crippen molar-refractivity contribution in [2.75, 3.05) is 5.32 Å². The molecule has 190 valence electrons. The minimum absolute atomic E-state index is 0.0366. The monoisotopic (exact) mass is 638 g/mol. The quantitative estimate of drug-likeness (QED) is 0.277. The van der Waals surface area contributed by atoms with E-state index in [1.54, 1.807) is 49.0 Å².